The first-order valence-corrected chi connectivity index (χ1v) is 9.57. The maximum atomic E-state index is 12.6. The quantitative estimate of drug-likeness (QED) is 0.371. The van der Waals surface area contributed by atoms with Gasteiger partial charge in [-0.05, 0) is 43.5 Å². The molecule has 30 heavy (non-hydrogen) atoms. The van der Waals surface area contributed by atoms with Gasteiger partial charge in [0.05, 0.1) is 11.5 Å². The van der Waals surface area contributed by atoms with Crippen LogP contribution in [-0.2, 0) is 20.7 Å². The third-order valence-electron chi connectivity index (χ3n) is 4.54. The Morgan fingerprint density at radius 1 is 1.10 bits per heavy atom. The van der Waals surface area contributed by atoms with E-state index in [0.29, 0.717) is 43.2 Å². The largest absolute Gasteiger partial charge is 0.490 e. The number of benzene rings is 2. The third kappa shape index (κ3) is 5.05. The van der Waals surface area contributed by atoms with Gasteiger partial charge in [0, 0.05) is 24.4 Å². The van der Waals surface area contributed by atoms with E-state index in [4.69, 9.17) is 14.2 Å². The summed E-state index contributed by atoms with van der Waals surface area (Å²) in [5, 5.41) is 10.9. The molecule has 0 atom stereocenters. The van der Waals surface area contributed by atoms with Gasteiger partial charge in [-0.25, -0.2) is 4.79 Å². The standard InChI is InChI=1S/C21H22N2O7/c1-2-28-18-7-3-4-8-19(18)29-14-21(25)30-13-20(24)22-11-5-6-15-12-16(23(26)27)9-10-17(15)22/h3-4,7-10,12H,2,5-6,11,13-14H2,1H3. The van der Waals surface area contributed by atoms with E-state index in [9.17, 15) is 19.7 Å². The Kier molecular flexibility index (Phi) is 6.84. The molecule has 1 aliphatic heterocycles. The van der Waals surface area contributed by atoms with Crippen molar-refractivity contribution in [3.8, 4) is 11.5 Å². The predicted molar refractivity (Wildman–Crippen MR) is 108 cm³/mol. The number of para-hydroxylation sites is 2. The molecular weight excluding hydrogens is 392 g/mol. The van der Waals surface area contributed by atoms with Crippen LogP contribution in [0.2, 0.25) is 0 Å². The van der Waals surface area contributed by atoms with Gasteiger partial charge < -0.3 is 19.1 Å². The zero-order valence-electron chi connectivity index (χ0n) is 16.5. The number of anilines is 1. The van der Waals surface area contributed by atoms with Gasteiger partial charge in [-0.1, -0.05) is 12.1 Å². The second-order valence-corrected chi connectivity index (χ2v) is 6.55. The van der Waals surface area contributed by atoms with Crippen LogP contribution >= 0.6 is 0 Å². The van der Waals surface area contributed by atoms with Crippen LogP contribution < -0.4 is 14.4 Å². The zero-order valence-corrected chi connectivity index (χ0v) is 16.5. The molecule has 0 saturated carbocycles. The number of esters is 1. The van der Waals surface area contributed by atoms with Gasteiger partial charge in [0.25, 0.3) is 11.6 Å². The Bertz CT molecular complexity index is 945. The highest BCUT2D eigenvalue weighted by molar-refractivity contribution is 5.96. The Morgan fingerprint density at radius 3 is 2.53 bits per heavy atom. The van der Waals surface area contributed by atoms with E-state index in [2.05, 4.69) is 0 Å². The minimum absolute atomic E-state index is 0.0149. The molecule has 2 aromatic carbocycles. The van der Waals surface area contributed by atoms with Gasteiger partial charge in [-0.15, -0.1) is 0 Å². The van der Waals surface area contributed by atoms with Crippen LogP contribution in [0.25, 0.3) is 0 Å². The van der Waals surface area contributed by atoms with Crippen LogP contribution in [-0.4, -0.2) is 43.2 Å². The molecule has 0 aliphatic carbocycles. The molecule has 0 spiro atoms. The lowest BCUT2D eigenvalue weighted by atomic mass is 10.0. The molecule has 158 valence electrons. The maximum Gasteiger partial charge on any atom is 0.344 e. The lowest BCUT2D eigenvalue weighted by Gasteiger charge is -2.29. The molecule has 1 aliphatic rings. The summed E-state index contributed by atoms with van der Waals surface area (Å²) in [4.78, 5) is 36.5. The Morgan fingerprint density at radius 2 is 1.83 bits per heavy atom. The summed E-state index contributed by atoms with van der Waals surface area (Å²) in [6.45, 7) is 1.96. The maximum absolute atomic E-state index is 12.6. The molecule has 0 unspecified atom stereocenters. The zero-order chi connectivity index (χ0) is 21.5. The van der Waals surface area contributed by atoms with Crippen molar-refractivity contribution in [2.24, 2.45) is 0 Å². The fourth-order valence-electron chi connectivity index (χ4n) is 3.20. The summed E-state index contributed by atoms with van der Waals surface area (Å²) in [6, 6.07) is 11.3. The average Bonchev–Trinajstić information content (AvgIpc) is 2.76. The van der Waals surface area contributed by atoms with Gasteiger partial charge in [0.1, 0.15) is 0 Å². The summed E-state index contributed by atoms with van der Waals surface area (Å²) in [5.74, 6) is -0.152. The van der Waals surface area contributed by atoms with E-state index in [1.807, 2.05) is 6.92 Å². The molecule has 3 rings (SSSR count). The van der Waals surface area contributed by atoms with E-state index in [-0.39, 0.29) is 12.3 Å². The predicted octanol–water partition coefficient (Wildman–Crippen LogP) is 2.89. The molecule has 9 heteroatoms. The van der Waals surface area contributed by atoms with Crippen LogP contribution in [0.15, 0.2) is 42.5 Å². The number of rotatable bonds is 8. The number of carbonyl (C=O) groups excluding carboxylic acids is 2. The van der Waals surface area contributed by atoms with E-state index in [1.54, 1.807) is 30.3 Å². The topological polar surface area (TPSA) is 108 Å². The SMILES string of the molecule is CCOc1ccccc1OCC(=O)OCC(=O)N1CCCc2cc([N+](=O)[O-])ccc21. The molecule has 1 amide bonds. The fourth-order valence-corrected chi connectivity index (χ4v) is 3.20. The van der Waals surface area contributed by atoms with Crippen molar-refractivity contribution in [3.63, 3.8) is 0 Å². The lowest BCUT2D eigenvalue weighted by molar-refractivity contribution is -0.384. The molecule has 9 nitrogen and oxygen atoms in total. The summed E-state index contributed by atoms with van der Waals surface area (Å²) in [7, 11) is 0. The number of aryl methyl sites for hydroxylation is 1. The summed E-state index contributed by atoms with van der Waals surface area (Å²) in [6.07, 6.45) is 1.32. The number of nitro groups is 1. The van der Waals surface area contributed by atoms with Crippen LogP contribution in [0.5, 0.6) is 11.5 Å². The molecule has 0 N–H and O–H groups in total. The lowest BCUT2D eigenvalue weighted by Crippen LogP contribution is -2.38. The second kappa shape index (κ2) is 9.73. The Labute approximate surface area is 173 Å². The van der Waals surface area contributed by atoms with Crippen molar-refractivity contribution >= 4 is 23.3 Å². The number of ether oxygens (including phenoxy) is 3. The number of nitro benzene ring substituents is 1. The number of nitrogens with zero attached hydrogens (tertiary/aromatic N) is 2. The highest BCUT2D eigenvalue weighted by Crippen LogP contribution is 2.30. The van der Waals surface area contributed by atoms with E-state index in [1.165, 1.54) is 17.0 Å². The number of hydrogen-bond donors (Lipinski definition) is 0. The van der Waals surface area contributed by atoms with E-state index < -0.39 is 23.4 Å². The number of non-ortho nitro benzene ring substituents is 1. The van der Waals surface area contributed by atoms with E-state index >= 15 is 0 Å². The van der Waals surface area contributed by atoms with Crippen LogP contribution in [0.3, 0.4) is 0 Å². The van der Waals surface area contributed by atoms with Gasteiger partial charge >= 0.3 is 5.97 Å². The van der Waals surface area contributed by atoms with Crippen molar-refractivity contribution in [1.82, 2.24) is 0 Å². The van der Waals surface area contributed by atoms with Crippen molar-refractivity contribution in [2.45, 2.75) is 19.8 Å². The molecular formula is C21H22N2O7. The first-order chi connectivity index (χ1) is 14.5. The first-order valence-electron chi connectivity index (χ1n) is 9.57. The molecule has 1 heterocycles. The minimum atomic E-state index is -0.685. The molecule has 0 radical (unpaired) electrons. The highest BCUT2D eigenvalue weighted by atomic mass is 16.6. The summed E-state index contributed by atoms with van der Waals surface area (Å²) < 4.78 is 15.9. The summed E-state index contributed by atoms with van der Waals surface area (Å²) in [5.41, 5.74) is 1.32. The third-order valence-corrected chi connectivity index (χ3v) is 4.54. The van der Waals surface area contributed by atoms with Gasteiger partial charge in [-0.2, -0.15) is 0 Å². The van der Waals surface area contributed by atoms with Gasteiger partial charge in [-0.3, -0.25) is 14.9 Å². The number of hydrogen-bond acceptors (Lipinski definition) is 7. The van der Waals surface area contributed by atoms with Gasteiger partial charge in [0.15, 0.2) is 24.7 Å². The second-order valence-electron chi connectivity index (χ2n) is 6.55. The number of fused-ring (bicyclic) bond motifs is 1. The number of carbonyl (C=O) groups is 2. The first kappa shape index (κ1) is 21.1. The van der Waals surface area contributed by atoms with E-state index in [0.717, 1.165) is 5.56 Å². The van der Waals surface area contributed by atoms with Crippen molar-refractivity contribution in [1.29, 1.82) is 0 Å². The molecule has 0 saturated heterocycles. The fraction of sp³-hybridized carbons (Fsp3) is 0.333. The Balaban J connectivity index is 1.55. The van der Waals surface area contributed by atoms with Crippen molar-refractivity contribution in [3.05, 3.63) is 58.1 Å². The molecule has 0 aromatic heterocycles. The summed E-state index contributed by atoms with van der Waals surface area (Å²) >= 11 is 0. The smallest absolute Gasteiger partial charge is 0.344 e. The number of amides is 1. The van der Waals surface area contributed by atoms with Crippen molar-refractivity contribution < 1.29 is 28.7 Å². The normalized spacial score (nSPS) is 12.6. The van der Waals surface area contributed by atoms with Gasteiger partial charge in [0.2, 0.25) is 0 Å². The molecule has 0 bridgehead atoms. The average molecular weight is 414 g/mol. The monoisotopic (exact) mass is 414 g/mol. The van der Waals surface area contributed by atoms with Crippen LogP contribution in [0, 0.1) is 10.1 Å². The van der Waals surface area contributed by atoms with Crippen LogP contribution in [0.4, 0.5) is 11.4 Å². The van der Waals surface area contributed by atoms with Crippen LogP contribution in [0.1, 0.15) is 18.9 Å². The Hall–Kier alpha value is -3.62. The van der Waals surface area contributed by atoms with Crippen molar-refractivity contribution in [2.75, 3.05) is 31.3 Å². The molecule has 2 aromatic rings. The molecule has 0 fully saturated rings. The highest BCUT2D eigenvalue weighted by Gasteiger charge is 2.25. The minimum Gasteiger partial charge on any atom is -0.490 e.